The molecule has 1 aliphatic carbocycles. The van der Waals surface area contributed by atoms with E-state index in [0.29, 0.717) is 11.4 Å². The van der Waals surface area contributed by atoms with Crippen molar-refractivity contribution in [2.24, 2.45) is 0 Å². The van der Waals surface area contributed by atoms with Crippen LogP contribution in [-0.4, -0.2) is 34.5 Å². The van der Waals surface area contributed by atoms with E-state index in [4.69, 9.17) is 15.5 Å². The number of anilines is 1. The zero-order valence-electron chi connectivity index (χ0n) is 10.2. The Balaban J connectivity index is 2.31. The molecule has 0 saturated carbocycles. The fraction of sp³-hybridized carbons (Fsp3) is 0.538. The molecule has 0 amide bonds. The van der Waals surface area contributed by atoms with Crippen LogP contribution in [0.4, 0.5) is 5.82 Å². The molecule has 18 heavy (non-hydrogen) atoms. The molecule has 1 aliphatic rings. The fourth-order valence-corrected chi connectivity index (χ4v) is 2.17. The zero-order valence-corrected chi connectivity index (χ0v) is 10.2. The van der Waals surface area contributed by atoms with Gasteiger partial charge in [-0.3, -0.25) is 0 Å². The summed E-state index contributed by atoms with van der Waals surface area (Å²) in [5, 5.41) is 30.2. The van der Waals surface area contributed by atoms with Gasteiger partial charge in [0.15, 0.2) is 0 Å². The Morgan fingerprint density at radius 1 is 1.33 bits per heavy atom. The van der Waals surface area contributed by atoms with E-state index in [9.17, 15) is 0 Å². The maximum atomic E-state index is 9.12. The van der Waals surface area contributed by atoms with E-state index >= 15 is 0 Å². The Bertz CT molecular complexity index is 464. The highest BCUT2D eigenvalue weighted by atomic mass is 16.3. The van der Waals surface area contributed by atoms with Gasteiger partial charge in [-0.2, -0.15) is 5.26 Å². The first-order valence-electron chi connectivity index (χ1n) is 6.19. The minimum atomic E-state index is -0.480. The number of fused-ring (bicyclic) bond motifs is 1. The van der Waals surface area contributed by atoms with Crippen molar-refractivity contribution < 1.29 is 10.2 Å². The van der Waals surface area contributed by atoms with Crippen LogP contribution >= 0.6 is 0 Å². The van der Waals surface area contributed by atoms with Crippen molar-refractivity contribution in [3.05, 3.63) is 22.9 Å². The number of aliphatic hydroxyl groups excluding tert-OH is 2. The van der Waals surface area contributed by atoms with Gasteiger partial charge < -0.3 is 15.5 Å². The molecular weight excluding hydrogens is 230 g/mol. The number of rotatable bonds is 4. The molecule has 0 spiro atoms. The first-order chi connectivity index (χ1) is 8.78. The minimum Gasteiger partial charge on any atom is -0.394 e. The van der Waals surface area contributed by atoms with Gasteiger partial charge in [-0.05, 0) is 37.3 Å². The van der Waals surface area contributed by atoms with Crippen LogP contribution in [0.1, 0.15) is 29.7 Å². The van der Waals surface area contributed by atoms with E-state index in [1.54, 1.807) is 0 Å². The summed E-state index contributed by atoms with van der Waals surface area (Å²) in [6, 6.07) is 3.50. The van der Waals surface area contributed by atoms with Crippen LogP contribution in [-0.2, 0) is 12.8 Å². The van der Waals surface area contributed by atoms with E-state index in [-0.39, 0.29) is 13.2 Å². The molecule has 5 nitrogen and oxygen atoms in total. The molecule has 0 bridgehead atoms. The van der Waals surface area contributed by atoms with Gasteiger partial charge in [0, 0.05) is 5.69 Å². The Morgan fingerprint density at radius 2 is 2.06 bits per heavy atom. The van der Waals surface area contributed by atoms with Crippen molar-refractivity contribution in [1.29, 1.82) is 5.26 Å². The number of hydrogen-bond donors (Lipinski definition) is 3. The summed E-state index contributed by atoms with van der Waals surface area (Å²) in [5.74, 6) is 0.464. The summed E-state index contributed by atoms with van der Waals surface area (Å²) in [6.45, 7) is -0.389. The third kappa shape index (κ3) is 2.61. The number of aryl methyl sites for hydroxylation is 2. The summed E-state index contributed by atoms with van der Waals surface area (Å²) in [6.07, 6.45) is 4.16. The quantitative estimate of drug-likeness (QED) is 0.725. The number of nitrogens with one attached hydrogen (secondary N) is 1. The van der Waals surface area contributed by atoms with Crippen LogP contribution in [0.2, 0.25) is 0 Å². The average Bonchev–Trinajstić information content (AvgIpc) is 2.43. The summed E-state index contributed by atoms with van der Waals surface area (Å²) in [7, 11) is 0. The second-order valence-corrected chi connectivity index (χ2v) is 4.52. The molecule has 0 atom stereocenters. The number of hydrogen-bond acceptors (Lipinski definition) is 5. The van der Waals surface area contributed by atoms with E-state index < -0.39 is 6.04 Å². The third-order valence-electron chi connectivity index (χ3n) is 3.20. The summed E-state index contributed by atoms with van der Waals surface area (Å²) >= 11 is 0. The average molecular weight is 247 g/mol. The molecule has 0 unspecified atom stereocenters. The normalized spacial score (nSPS) is 14.1. The van der Waals surface area contributed by atoms with Crippen molar-refractivity contribution in [2.45, 2.75) is 31.7 Å². The Hall–Kier alpha value is -1.64. The lowest BCUT2D eigenvalue weighted by molar-refractivity contribution is 0.203. The molecule has 2 rings (SSSR count). The molecule has 1 heterocycles. The largest absolute Gasteiger partial charge is 0.394 e. The lowest BCUT2D eigenvalue weighted by Crippen LogP contribution is -2.29. The molecule has 0 radical (unpaired) electrons. The second kappa shape index (κ2) is 5.80. The smallest absolute Gasteiger partial charge is 0.144 e. The van der Waals surface area contributed by atoms with Crippen LogP contribution in [0.15, 0.2) is 6.07 Å². The Labute approximate surface area is 106 Å². The topological polar surface area (TPSA) is 89.2 Å². The molecule has 1 aromatic rings. The molecule has 5 heteroatoms. The fourth-order valence-electron chi connectivity index (χ4n) is 2.17. The van der Waals surface area contributed by atoms with Gasteiger partial charge in [0.05, 0.1) is 24.8 Å². The van der Waals surface area contributed by atoms with Crippen molar-refractivity contribution in [1.82, 2.24) is 4.98 Å². The summed E-state index contributed by atoms with van der Waals surface area (Å²) in [4.78, 5) is 4.46. The molecule has 0 saturated heterocycles. The van der Waals surface area contributed by atoms with E-state index in [1.807, 2.05) is 6.07 Å². The highest BCUT2D eigenvalue weighted by molar-refractivity contribution is 5.55. The van der Waals surface area contributed by atoms with Gasteiger partial charge in [-0.1, -0.05) is 0 Å². The molecule has 1 aromatic heterocycles. The maximum Gasteiger partial charge on any atom is 0.144 e. The Morgan fingerprint density at radius 3 is 2.72 bits per heavy atom. The van der Waals surface area contributed by atoms with E-state index in [1.165, 1.54) is 0 Å². The Kier molecular flexibility index (Phi) is 4.13. The number of nitriles is 1. The predicted octanol–water partition coefficient (Wildman–Crippen LogP) is 0.597. The van der Waals surface area contributed by atoms with Gasteiger partial charge in [0.25, 0.3) is 0 Å². The van der Waals surface area contributed by atoms with Gasteiger partial charge in [0.1, 0.15) is 11.9 Å². The van der Waals surface area contributed by atoms with Crippen molar-refractivity contribution in [2.75, 3.05) is 18.5 Å². The van der Waals surface area contributed by atoms with Crippen molar-refractivity contribution >= 4 is 5.82 Å². The van der Waals surface area contributed by atoms with Gasteiger partial charge in [-0.25, -0.2) is 4.98 Å². The highest BCUT2D eigenvalue weighted by Gasteiger charge is 2.16. The lowest BCUT2D eigenvalue weighted by atomic mass is 9.95. The van der Waals surface area contributed by atoms with Crippen LogP contribution in [0.3, 0.4) is 0 Å². The molecule has 0 aliphatic heterocycles. The maximum absolute atomic E-state index is 9.12. The number of aromatic nitrogens is 1. The first-order valence-corrected chi connectivity index (χ1v) is 6.19. The van der Waals surface area contributed by atoms with Crippen LogP contribution in [0, 0.1) is 11.3 Å². The lowest BCUT2D eigenvalue weighted by Gasteiger charge is -2.19. The predicted molar refractivity (Wildman–Crippen MR) is 67.2 cm³/mol. The number of pyridine rings is 1. The van der Waals surface area contributed by atoms with Crippen LogP contribution < -0.4 is 5.32 Å². The van der Waals surface area contributed by atoms with Gasteiger partial charge in [0.2, 0.25) is 0 Å². The summed E-state index contributed by atoms with van der Waals surface area (Å²) < 4.78 is 0. The SMILES string of the molecule is N#Cc1cc2c(nc1NC(CO)CO)CCCC2. The first kappa shape index (κ1) is 12.8. The zero-order chi connectivity index (χ0) is 13.0. The third-order valence-corrected chi connectivity index (χ3v) is 3.20. The minimum absolute atomic E-state index is 0.194. The molecular formula is C13H17N3O2. The van der Waals surface area contributed by atoms with Crippen LogP contribution in [0.5, 0.6) is 0 Å². The van der Waals surface area contributed by atoms with Gasteiger partial charge >= 0.3 is 0 Å². The standard InChI is InChI=1S/C13H17N3O2/c14-6-10-5-9-3-1-2-4-12(9)16-13(10)15-11(7-17)8-18/h5,11,17-18H,1-4,7-8H2,(H,15,16). The molecule has 96 valence electrons. The van der Waals surface area contributed by atoms with Gasteiger partial charge in [-0.15, -0.1) is 0 Å². The van der Waals surface area contributed by atoms with Crippen LogP contribution in [0.25, 0.3) is 0 Å². The van der Waals surface area contributed by atoms with Crippen molar-refractivity contribution in [3.63, 3.8) is 0 Å². The van der Waals surface area contributed by atoms with E-state index in [2.05, 4.69) is 16.4 Å². The van der Waals surface area contributed by atoms with Crippen molar-refractivity contribution in [3.8, 4) is 6.07 Å². The highest BCUT2D eigenvalue weighted by Crippen LogP contribution is 2.24. The molecule has 0 fully saturated rings. The number of nitrogens with zero attached hydrogens (tertiary/aromatic N) is 2. The van der Waals surface area contributed by atoms with E-state index in [0.717, 1.165) is 36.9 Å². The molecule has 0 aromatic carbocycles. The molecule has 3 N–H and O–H groups in total. The monoisotopic (exact) mass is 247 g/mol. The second-order valence-electron chi connectivity index (χ2n) is 4.52. The summed E-state index contributed by atoms with van der Waals surface area (Å²) in [5.41, 5.74) is 2.65. The number of aliphatic hydroxyl groups is 2.